The van der Waals surface area contributed by atoms with E-state index in [1.165, 1.54) is 12.8 Å². The Morgan fingerprint density at radius 2 is 2.10 bits per heavy atom. The van der Waals surface area contributed by atoms with Crippen molar-refractivity contribution in [2.45, 2.75) is 50.9 Å². The number of nitrogens with one attached hydrogen (secondary N) is 1. The Kier molecular flexibility index (Phi) is 6.76. The molecule has 6 heteroatoms. The van der Waals surface area contributed by atoms with Crippen molar-refractivity contribution in [2.75, 3.05) is 26.2 Å². The van der Waals surface area contributed by atoms with Gasteiger partial charge in [0.2, 0.25) is 5.91 Å². The van der Waals surface area contributed by atoms with Crippen LogP contribution in [-0.2, 0) is 9.53 Å². The summed E-state index contributed by atoms with van der Waals surface area (Å²) in [5, 5.41) is 2.93. The van der Waals surface area contributed by atoms with Gasteiger partial charge in [0.1, 0.15) is 4.32 Å². The van der Waals surface area contributed by atoms with Gasteiger partial charge in [0.05, 0.1) is 11.4 Å². The molecule has 2 heterocycles. The summed E-state index contributed by atoms with van der Waals surface area (Å²) in [7, 11) is 0. The van der Waals surface area contributed by atoms with E-state index in [-0.39, 0.29) is 23.2 Å². The molecule has 120 valence electrons. The monoisotopic (exact) mass is 330 g/mol. The van der Waals surface area contributed by atoms with E-state index in [0.717, 1.165) is 36.9 Å². The van der Waals surface area contributed by atoms with Gasteiger partial charge in [-0.15, -0.1) is 0 Å². The highest BCUT2D eigenvalue weighted by Crippen LogP contribution is 2.25. The Morgan fingerprint density at radius 3 is 2.67 bits per heavy atom. The molecule has 1 amide bonds. The number of ether oxygens (including phenoxy) is 1. The van der Waals surface area contributed by atoms with Crippen LogP contribution in [0.4, 0.5) is 0 Å². The standard InChI is InChI=1S/C15H26N2O2S2/c1-11(2)13(21-15(20)17-7-3-4-8-17)14(18)16-10-12-6-5-9-19-12/h11-13H,3-10H2,1-2H3,(H,16,18)/t12-,13-/m0/s1. The predicted molar refractivity (Wildman–Crippen MR) is 91.6 cm³/mol. The molecule has 2 atom stereocenters. The molecule has 0 saturated carbocycles. The molecule has 2 rings (SSSR count). The number of likely N-dealkylation sites (tertiary alicyclic amines) is 1. The Labute approximate surface area is 137 Å². The second-order valence-electron chi connectivity index (χ2n) is 6.12. The van der Waals surface area contributed by atoms with Gasteiger partial charge in [-0.25, -0.2) is 0 Å². The third-order valence-electron chi connectivity index (χ3n) is 3.98. The number of carbonyl (C=O) groups excluding carboxylic acids is 1. The van der Waals surface area contributed by atoms with Crippen LogP contribution in [0.15, 0.2) is 0 Å². The summed E-state index contributed by atoms with van der Waals surface area (Å²) in [6, 6.07) is 0. The molecule has 0 radical (unpaired) electrons. The van der Waals surface area contributed by atoms with Crippen LogP contribution in [0, 0.1) is 5.92 Å². The summed E-state index contributed by atoms with van der Waals surface area (Å²) in [5.74, 6) is 0.354. The third kappa shape index (κ3) is 5.11. The summed E-state index contributed by atoms with van der Waals surface area (Å²) >= 11 is 7.05. The van der Waals surface area contributed by atoms with Gasteiger partial charge in [0, 0.05) is 26.2 Å². The normalized spacial score (nSPS) is 23.6. The van der Waals surface area contributed by atoms with Crippen molar-refractivity contribution in [1.82, 2.24) is 10.2 Å². The summed E-state index contributed by atoms with van der Waals surface area (Å²) in [6.45, 7) is 7.68. The fraction of sp³-hybridized carbons (Fsp3) is 0.867. The van der Waals surface area contributed by atoms with Gasteiger partial charge in [0.25, 0.3) is 0 Å². The summed E-state index contributed by atoms with van der Waals surface area (Å²) in [6.07, 6.45) is 4.75. The van der Waals surface area contributed by atoms with Gasteiger partial charge in [-0.1, -0.05) is 37.8 Å². The molecular formula is C15H26N2O2S2. The van der Waals surface area contributed by atoms with Gasteiger partial charge >= 0.3 is 0 Å². The average Bonchev–Trinajstić information content (AvgIpc) is 3.13. The van der Waals surface area contributed by atoms with Crippen LogP contribution in [0.2, 0.25) is 0 Å². The van der Waals surface area contributed by atoms with Crippen molar-refractivity contribution in [3.05, 3.63) is 0 Å². The Bertz CT molecular complexity index is 365. The summed E-state index contributed by atoms with van der Waals surface area (Å²) in [4.78, 5) is 14.7. The fourth-order valence-electron chi connectivity index (χ4n) is 2.70. The van der Waals surface area contributed by atoms with Crippen LogP contribution in [0.1, 0.15) is 39.5 Å². The maximum Gasteiger partial charge on any atom is 0.233 e. The van der Waals surface area contributed by atoms with Crippen LogP contribution in [0.25, 0.3) is 0 Å². The average molecular weight is 331 g/mol. The summed E-state index contributed by atoms with van der Waals surface area (Å²) in [5.41, 5.74) is 0. The van der Waals surface area contributed by atoms with Gasteiger partial charge < -0.3 is 15.0 Å². The van der Waals surface area contributed by atoms with Crippen molar-refractivity contribution in [3.63, 3.8) is 0 Å². The zero-order valence-electron chi connectivity index (χ0n) is 13.0. The molecule has 0 aromatic rings. The van der Waals surface area contributed by atoms with E-state index in [0.29, 0.717) is 6.54 Å². The lowest BCUT2D eigenvalue weighted by atomic mass is 10.1. The van der Waals surface area contributed by atoms with Crippen molar-refractivity contribution >= 4 is 34.2 Å². The van der Waals surface area contributed by atoms with Crippen LogP contribution in [-0.4, -0.2) is 52.7 Å². The number of nitrogens with zero attached hydrogens (tertiary/aromatic N) is 1. The number of amides is 1. The fourth-order valence-corrected chi connectivity index (χ4v) is 4.20. The highest BCUT2D eigenvalue weighted by atomic mass is 32.2. The maximum atomic E-state index is 12.4. The largest absolute Gasteiger partial charge is 0.376 e. The van der Waals surface area contributed by atoms with E-state index in [1.54, 1.807) is 11.8 Å². The topological polar surface area (TPSA) is 41.6 Å². The Morgan fingerprint density at radius 1 is 1.38 bits per heavy atom. The smallest absolute Gasteiger partial charge is 0.233 e. The molecule has 21 heavy (non-hydrogen) atoms. The Balaban J connectivity index is 1.81. The van der Waals surface area contributed by atoms with Crippen molar-refractivity contribution in [2.24, 2.45) is 5.92 Å². The number of rotatable bonds is 5. The Hall–Kier alpha value is -0.330. The van der Waals surface area contributed by atoms with E-state index < -0.39 is 0 Å². The molecule has 2 saturated heterocycles. The lowest BCUT2D eigenvalue weighted by Crippen LogP contribution is -2.41. The molecule has 0 aliphatic carbocycles. The van der Waals surface area contributed by atoms with E-state index in [1.807, 2.05) is 0 Å². The quantitative estimate of drug-likeness (QED) is 0.784. The molecule has 2 aliphatic heterocycles. The maximum absolute atomic E-state index is 12.4. The zero-order valence-corrected chi connectivity index (χ0v) is 14.6. The minimum atomic E-state index is -0.112. The molecule has 0 aromatic carbocycles. The molecular weight excluding hydrogens is 304 g/mol. The lowest BCUT2D eigenvalue weighted by molar-refractivity contribution is -0.121. The molecule has 0 bridgehead atoms. The van der Waals surface area contributed by atoms with Gasteiger partial charge in [0.15, 0.2) is 0 Å². The lowest BCUT2D eigenvalue weighted by Gasteiger charge is -2.25. The number of thioether (sulfide) groups is 1. The first-order valence-corrected chi connectivity index (χ1v) is 9.21. The first-order chi connectivity index (χ1) is 10.1. The molecule has 2 fully saturated rings. The zero-order chi connectivity index (χ0) is 15.2. The van der Waals surface area contributed by atoms with Crippen LogP contribution in [0.3, 0.4) is 0 Å². The molecule has 4 nitrogen and oxygen atoms in total. The second kappa shape index (κ2) is 8.34. The van der Waals surface area contributed by atoms with Crippen LogP contribution < -0.4 is 5.32 Å². The first kappa shape index (κ1) is 17.0. The van der Waals surface area contributed by atoms with Crippen molar-refractivity contribution in [3.8, 4) is 0 Å². The number of hydrogen-bond donors (Lipinski definition) is 1. The molecule has 0 unspecified atom stereocenters. The van der Waals surface area contributed by atoms with E-state index in [2.05, 4.69) is 24.1 Å². The SMILES string of the molecule is CC(C)[C@H](SC(=S)N1CCCC1)C(=O)NC[C@@H]1CCCO1. The minimum absolute atomic E-state index is 0.0899. The van der Waals surface area contributed by atoms with Crippen LogP contribution >= 0.6 is 24.0 Å². The highest BCUT2D eigenvalue weighted by Gasteiger charge is 2.28. The van der Waals surface area contributed by atoms with Gasteiger partial charge in [-0.05, 0) is 31.6 Å². The molecule has 0 aromatic heterocycles. The molecule has 2 aliphatic rings. The first-order valence-electron chi connectivity index (χ1n) is 7.93. The second-order valence-corrected chi connectivity index (χ2v) is 7.90. The highest BCUT2D eigenvalue weighted by molar-refractivity contribution is 8.23. The van der Waals surface area contributed by atoms with Gasteiger partial charge in [-0.2, -0.15) is 0 Å². The van der Waals surface area contributed by atoms with Crippen LogP contribution in [0.5, 0.6) is 0 Å². The minimum Gasteiger partial charge on any atom is -0.376 e. The number of hydrogen-bond acceptors (Lipinski definition) is 4. The van der Waals surface area contributed by atoms with E-state index in [9.17, 15) is 4.79 Å². The van der Waals surface area contributed by atoms with E-state index >= 15 is 0 Å². The third-order valence-corrected chi connectivity index (χ3v) is 6.00. The van der Waals surface area contributed by atoms with E-state index in [4.69, 9.17) is 17.0 Å². The van der Waals surface area contributed by atoms with Gasteiger partial charge in [-0.3, -0.25) is 4.79 Å². The predicted octanol–water partition coefficient (Wildman–Crippen LogP) is 2.42. The molecule has 1 N–H and O–H groups in total. The molecule has 0 spiro atoms. The van der Waals surface area contributed by atoms with Crippen molar-refractivity contribution in [1.29, 1.82) is 0 Å². The van der Waals surface area contributed by atoms with Crippen molar-refractivity contribution < 1.29 is 9.53 Å². The summed E-state index contributed by atoms with van der Waals surface area (Å²) < 4.78 is 6.42. The number of thiocarbonyl (C=S) groups is 1. The number of carbonyl (C=O) groups is 1.